The molecule has 3 aromatic rings. The van der Waals surface area contributed by atoms with Crippen molar-refractivity contribution in [3.63, 3.8) is 0 Å². The van der Waals surface area contributed by atoms with Gasteiger partial charge in [-0.1, -0.05) is 12.8 Å². The van der Waals surface area contributed by atoms with E-state index >= 15 is 0 Å². The Bertz CT molecular complexity index is 1590. The Kier molecular flexibility index (Phi) is 7.14. The van der Waals surface area contributed by atoms with Crippen molar-refractivity contribution in [3.8, 4) is 5.75 Å². The van der Waals surface area contributed by atoms with Crippen molar-refractivity contribution >= 4 is 34.1 Å². The van der Waals surface area contributed by atoms with Crippen molar-refractivity contribution in [1.82, 2.24) is 19.4 Å². The van der Waals surface area contributed by atoms with Gasteiger partial charge >= 0.3 is 0 Å². The molecular weight excluding hydrogens is 532 g/mol. The Labute approximate surface area is 246 Å². The Morgan fingerprint density at radius 3 is 2.57 bits per heavy atom. The molecule has 222 valence electrons. The van der Waals surface area contributed by atoms with E-state index in [9.17, 15) is 9.59 Å². The van der Waals surface area contributed by atoms with E-state index in [1.807, 2.05) is 13.0 Å². The van der Waals surface area contributed by atoms with Gasteiger partial charge in [0.2, 0.25) is 5.95 Å². The number of aryl methyl sites for hydroxylation is 2. The molecule has 7 rings (SSSR count). The highest BCUT2D eigenvalue weighted by atomic mass is 16.5. The third kappa shape index (κ3) is 4.74. The first-order chi connectivity index (χ1) is 20.4. The second kappa shape index (κ2) is 11.0. The number of aromatic nitrogens is 3. The predicted molar refractivity (Wildman–Crippen MR) is 163 cm³/mol. The van der Waals surface area contributed by atoms with Crippen LogP contribution in [-0.2, 0) is 4.74 Å². The van der Waals surface area contributed by atoms with Crippen molar-refractivity contribution in [2.24, 2.45) is 0 Å². The summed E-state index contributed by atoms with van der Waals surface area (Å²) in [7, 11) is 0. The van der Waals surface area contributed by atoms with Crippen molar-refractivity contribution < 1.29 is 14.3 Å². The normalized spacial score (nSPS) is 21.7. The second-order valence-electron chi connectivity index (χ2n) is 12.4. The van der Waals surface area contributed by atoms with Gasteiger partial charge in [-0.05, 0) is 63.6 Å². The average Bonchev–Trinajstić information content (AvgIpc) is 3.51. The number of rotatable bonds is 5. The molecule has 3 aliphatic heterocycles. The van der Waals surface area contributed by atoms with E-state index in [1.54, 1.807) is 10.8 Å². The number of carbonyl (C=O) groups excluding carboxylic acids is 1. The highest BCUT2D eigenvalue weighted by molar-refractivity contribution is 5.99. The van der Waals surface area contributed by atoms with Gasteiger partial charge in [0.1, 0.15) is 18.0 Å². The Hall–Kier alpha value is -3.50. The van der Waals surface area contributed by atoms with Crippen LogP contribution in [0, 0.1) is 13.8 Å². The second-order valence-corrected chi connectivity index (χ2v) is 12.4. The third-order valence-corrected chi connectivity index (χ3v) is 9.71. The first-order valence-electron chi connectivity index (χ1n) is 15.4. The first-order valence-corrected chi connectivity index (χ1v) is 15.4. The molecule has 1 saturated carbocycles. The van der Waals surface area contributed by atoms with Gasteiger partial charge in [-0.15, -0.1) is 0 Å². The first kappa shape index (κ1) is 27.3. The number of nitrogens with one attached hydrogen (secondary N) is 1. The summed E-state index contributed by atoms with van der Waals surface area (Å²) >= 11 is 0. The minimum atomic E-state index is -0.242. The number of fused-ring (bicyclic) bond motifs is 4. The molecule has 0 unspecified atom stereocenters. The lowest BCUT2D eigenvalue weighted by Crippen LogP contribution is -2.60. The summed E-state index contributed by atoms with van der Waals surface area (Å²) in [6.45, 7) is 10.8. The van der Waals surface area contributed by atoms with Gasteiger partial charge in [-0.25, -0.2) is 4.98 Å². The molecule has 1 aliphatic carbocycles. The minimum Gasteiger partial charge on any atom is -0.489 e. The lowest BCUT2D eigenvalue weighted by molar-refractivity contribution is 0.0231. The van der Waals surface area contributed by atoms with Gasteiger partial charge in [0.25, 0.3) is 5.56 Å². The van der Waals surface area contributed by atoms with Crippen LogP contribution in [0.15, 0.2) is 23.1 Å². The predicted octanol–water partition coefficient (Wildman–Crippen LogP) is 4.53. The molecular formula is C32H40N6O4. The fourth-order valence-electron chi connectivity index (χ4n) is 7.62. The van der Waals surface area contributed by atoms with Crippen LogP contribution in [0.25, 0.3) is 11.0 Å². The van der Waals surface area contributed by atoms with Gasteiger partial charge in [0.05, 0.1) is 17.3 Å². The zero-order chi connectivity index (χ0) is 29.0. The number of pyridine rings is 1. The molecule has 0 amide bonds. The molecule has 42 heavy (non-hydrogen) atoms. The van der Waals surface area contributed by atoms with Crippen LogP contribution in [0.4, 0.5) is 17.3 Å². The topological polar surface area (TPSA) is 102 Å². The highest BCUT2D eigenvalue weighted by Crippen LogP contribution is 2.41. The zero-order valence-corrected chi connectivity index (χ0v) is 24.8. The van der Waals surface area contributed by atoms with Gasteiger partial charge in [-0.2, -0.15) is 4.98 Å². The van der Waals surface area contributed by atoms with Crippen molar-refractivity contribution in [2.75, 3.05) is 49.7 Å². The molecule has 1 aromatic carbocycles. The van der Waals surface area contributed by atoms with Crippen LogP contribution < -0.4 is 20.5 Å². The summed E-state index contributed by atoms with van der Waals surface area (Å²) in [5.41, 5.74) is 4.39. The van der Waals surface area contributed by atoms with Gasteiger partial charge in [0.15, 0.2) is 5.78 Å². The van der Waals surface area contributed by atoms with Gasteiger partial charge in [-0.3, -0.25) is 19.1 Å². The number of ketones is 1. The van der Waals surface area contributed by atoms with E-state index in [1.165, 1.54) is 12.6 Å². The summed E-state index contributed by atoms with van der Waals surface area (Å²) < 4.78 is 13.7. The average molecular weight is 573 g/mol. The van der Waals surface area contributed by atoms with E-state index in [0.29, 0.717) is 35.8 Å². The summed E-state index contributed by atoms with van der Waals surface area (Å²) in [5.74, 6) is 1.07. The third-order valence-electron chi connectivity index (χ3n) is 9.71. The molecule has 3 fully saturated rings. The quantitative estimate of drug-likeness (QED) is 0.442. The molecule has 10 nitrogen and oxygen atoms in total. The van der Waals surface area contributed by atoms with Crippen molar-refractivity contribution in [2.45, 2.75) is 77.4 Å². The molecule has 4 aliphatic rings. The Morgan fingerprint density at radius 1 is 1.02 bits per heavy atom. The maximum atomic E-state index is 13.6. The lowest BCUT2D eigenvalue weighted by atomic mass is 10.0. The number of carbonyl (C=O) groups is 1. The SMILES string of the molecule is CC(=O)c1c(C)c2cnc(Nc3cc(C)c4c(c3)OC[C@@H]3CN(C5CCOCC5)CCN43)nc2n(C2CCCC2)c1=O. The van der Waals surface area contributed by atoms with Gasteiger partial charge in [0, 0.05) is 68.3 Å². The fourth-order valence-corrected chi connectivity index (χ4v) is 7.62. The number of hydrogen-bond acceptors (Lipinski definition) is 9. The zero-order valence-electron chi connectivity index (χ0n) is 24.8. The van der Waals surface area contributed by atoms with Crippen LogP contribution in [0.2, 0.25) is 0 Å². The van der Waals surface area contributed by atoms with E-state index < -0.39 is 0 Å². The van der Waals surface area contributed by atoms with Crippen molar-refractivity contribution in [1.29, 1.82) is 0 Å². The number of anilines is 3. The molecule has 1 N–H and O–H groups in total. The number of Topliss-reactive ketones (excluding diaryl/α,β-unsaturated/α-hetero) is 1. The monoisotopic (exact) mass is 572 g/mol. The van der Waals surface area contributed by atoms with Crippen LogP contribution in [-0.4, -0.2) is 76.8 Å². The smallest absolute Gasteiger partial charge is 0.263 e. The number of nitrogens with zero attached hydrogens (tertiary/aromatic N) is 5. The standard InChI is InChI=1S/C32H40N6O4/c1-19-14-22(15-27-29(19)37-11-10-36(17-25(37)18-42-27)23-8-12-41-13-9-23)34-32-33-16-26-20(2)28(21(3)39)31(40)38(30(26)35-32)24-6-4-5-7-24/h14-16,23-25H,4-13,17-18H2,1-3H3,(H,33,34,35)/t25-/m0/s1. The largest absolute Gasteiger partial charge is 0.489 e. The Morgan fingerprint density at radius 2 is 1.81 bits per heavy atom. The van der Waals surface area contributed by atoms with Crippen LogP contribution in [0.1, 0.15) is 73.0 Å². The molecule has 5 heterocycles. The summed E-state index contributed by atoms with van der Waals surface area (Å²) in [4.78, 5) is 40.6. The summed E-state index contributed by atoms with van der Waals surface area (Å²) in [5, 5.41) is 4.12. The molecule has 0 radical (unpaired) electrons. The van der Waals surface area contributed by atoms with E-state index in [4.69, 9.17) is 14.5 Å². The molecule has 0 spiro atoms. The van der Waals surface area contributed by atoms with Crippen LogP contribution in [0.3, 0.4) is 0 Å². The molecule has 10 heteroatoms. The fraction of sp³-hybridized carbons (Fsp3) is 0.562. The van der Waals surface area contributed by atoms with Crippen LogP contribution >= 0.6 is 0 Å². The molecule has 2 aromatic heterocycles. The minimum absolute atomic E-state index is 0.0423. The number of piperazine rings is 1. The summed E-state index contributed by atoms with van der Waals surface area (Å²) in [6, 6.07) is 5.15. The lowest BCUT2D eigenvalue weighted by Gasteiger charge is -2.48. The van der Waals surface area contributed by atoms with E-state index in [-0.39, 0.29) is 22.9 Å². The molecule has 1 atom stereocenters. The summed E-state index contributed by atoms with van der Waals surface area (Å²) in [6.07, 6.45) is 7.92. The highest BCUT2D eigenvalue weighted by Gasteiger charge is 2.36. The van der Waals surface area contributed by atoms with Gasteiger partial charge < -0.3 is 19.7 Å². The number of benzene rings is 1. The van der Waals surface area contributed by atoms with Crippen molar-refractivity contribution in [3.05, 3.63) is 45.4 Å². The maximum absolute atomic E-state index is 13.6. The molecule has 2 saturated heterocycles. The van der Waals surface area contributed by atoms with E-state index in [2.05, 4.69) is 33.1 Å². The van der Waals surface area contributed by atoms with E-state index in [0.717, 1.165) is 93.8 Å². The molecule has 0 bridgehead atoms. The maximum Gasteiger partial charge on any atom is 0.263 e. The number of hydrogen-bond donors (Lipinski definition) is 1. The number of ether oxygens (including phenoxy) is 2. The Balaban J connectivity index is 1.18. The van der Waals surface area contributed by atoms with Crippen LogP contribution in [0.5, 0.6) is 5.75 Å².